The zero-order valence-corrected chi connectivity index (χ0v) is 11.6. The van der Waals surface area contributed by atoms with Gasteiger partial charge in [-0.2, -0.15) is 0 Å². The van der Waals surface area contributed by atoms with Gasteiger partial charge in [-0.15, -0.1) is 0 Å². The van der Waals surface area contributed by atoms with Crippen molar-refractivity contribution in [1.82, 2.24) is 0 Å². The lowest BCUT2D eigenvalue weighted by molar-refractivity contribution is -0.943. The highest BCUT2D eigenvalue weighted by Crippen LogP contribution is 2.10. The van der Waals surface area contributed by atoms with Crippen molar-refractivity contribution in [3.63, 3.8) is 0 Å². The van der Waals surface area contributed by atoms with Gasteiger partial charge < -0.3 is 13.4 Å². The van der Waals surface area contributed by atoms with E-state index >= 15 is 0 Å². The van der Waals surface area contributed by atoms with Gasteiger partial charge in [0, 0.05) is 0 Å². The number of quaternary nitrogens is 3. The molecule has 0 aliphatic carbocycles. The summed E-state index contributed by atoms with van der Waals surface area (Å²) in [6, 6.07) is 0. The Labute approximate surface area is 95.7 Å². The fourth-order valence-electron chi connectivity index (χ4n) is 1.96. The first kappa shape index (κ1) is 12.9. The van der Waals surface area contributed by atoms with Gasteiger partial charge >= 0.3 is 0 Å². The van der Waals surface area contributed by atoms with Gasteiger partial charge in [-0.1, -0.05) is 0 Å². The highest BCUT2D eigenvalue weighted by Gasteiger charge is 2.30. The van der Waals surface area contributed by atoms with Crippen LogP contribution in [0.3, 0.4) is 0 Å². The van der Waals surface area contributed by atoms with E-state index in [1.54, 1.807) is 0 Å². The van der Waals surface area contributed by atoms with Crippen LogP contribution >= 0.6 is 0 Å². The number of hydrogen-bond donors (Lipinski definition) is 0. The molecule has 0 N–H and O–H groups in total. The van der Waals surface area contributed by atoms with Crippen LogP contribution in [0.25, 0.3) is 0 Å². The molecule has 0 saturated carbocycles. The minimum Gasteiger partial charge on any atom is -0.319 e. The molecule has 0 aromatic heterocycles. The van der Waals surface area contributed by atoms with Gasteiger partial charge in [0.05, 0.1) is 42.3 Å². The van der Waals surface area contributed by atoms with Crippen LogP contribution in [0, 0.1) is 0 Å². The van der Waals surface area contributed by atoms with Crippen molar-refractivity contribution in [2.75, 3.05) is 81.6 Å². The van der Waals surface area contributed by atoms with Crippen LogP contribution in [0.15, 0.2) is 0 Å². The van der Waals surface area contributed by atoms with Crippen LogP contribution < -0.4 is 0 Å². The summed E-state index contributed by atoms with van der Waals surface area (Å²) in [6.07, 6.45) is 0. The van der Waals surface area contributed by atoms with E-state index in [0.717, 1.165) is 0 Å². The lowest BCUT2D eigenvalue weighted by Crippen LogP contribution is -2.51. The first-order chi connectivity index (χ1) is 6.62. The van der Waals surface area contributed by atoms with Gasteiger partial charge in [0.1, 0.15) is 39.3 Å². The van der Waals surface area contributed by atoms with E-state index in [2.05, 4.69) is 42.3 Å². The van der Waals surface area contributed by atoms with E-state index in [4.69, 9.17) is 0 Å². The molecule has 90 valence electrons. The Bertz CT molecular complexity index is 163. The van der Waals surface area contributed by atoms with Gasteiger partial charge in [-0.3, -0.25) is 0 Å². The Balaban J connectivity index is 2.74. The van der Waals surface area contributed by atoms with Crippen LogP contribution in [-0.2, 0) is 0 Å². The number of nitrogens with zero attached hydrogens (tertiary/aromatic N) is 3. The molecule has 0 spiro atoms. The molecular formula is C12H30N3+3. The quantitative estimate of drug-likeness (QED) is 0.509. The maximum atomic E-state index is 2.37. The standard InChI is InChI=1S/C12H30N3/c1-13(2)7-9-14(3,4)11-12-15(5,6)10-8-13/h7-12H2,1-6H3/q+3. The Hall–Kier alpha value is -0.120. The molecule has 0 bridgehead atoms. The van der Waals surface area contributed by atoms with Gasteiger partial charge in [-0.25, -0.2) is 0 Å². The van der Waals surface area contributed by atoms with E-state index < -0.39 is 0 Å². The van der Waals surface area contributed by atoms with E-state index in [0.29, 0.717) is 0 Å². The van der Waals surface area contributed by atoms with Crippen LogP contribution in [0.4, 0.5) is 0 Å². The summed E-state index contributed by atoms with van der Waals surface area (Å²) in [5, 5.41) is 0. The molecule has 1 aliphatic rings. The average Bonchev–Trinajstić information content (AvgIpc) is 2.12. The third kappa shape index (κ3) is 4.49. The Morgan fingerprint density at radius 2 is 0.533 bits per heavy atom. The zero-order chi connectivity index (χ0) is 11.7. The first-order valence-electron chi connectivity index (χ1n) is 6.08. The minimum absolute atomic E-state index is 1.17. The first-order valence-corrected chi connectivity index (χ1v) is 6.08. The highest BCUT2D eigenvalue weighted by molar-refractivity contribution is 4.44. The van der Waals surface area contributed by atoms with E-state index in [9.17, 15) is 0 Å². The second-order valence-electron chi connectivity index (χ2n) is 7.15. The van der Waals surface area contributed by atoms with Crippen molar-refractivity contribution in [2.24, 2.45) is 0 Å². The molecule has 0 radical (unpaired) electrons. The number of hydrogen-bond acceptors (Lipinski definition) is 0. The molecule has 0 amide bonds. The molecule has 0 aromatic carbocycles. The summed E-state index contributed by atoms with van der Waals surface area (Å²) in [7, 11) is 14.2. The van der Waals surface area contributed by atoms with E-state index in [1.165, 1.54) is 52.7 Å². The van der Waals surface area contributed by atoms with Gasteiger partial charge in [0.25, 0.3) is 0 Å². The predicted molar refractivity (Wildman–Crippen MR) is 65.5 cm³/mol. The molecule has 1 heterocycles. The largest absolute Gasteiger partial charge is 0.319 e. The van der Waals surface area contributed by atoms with E-state index in [1.807, 2.05) is 0 Å². The van der Waals surface area contributed by atoms with Crippen molar-refractivity contribution in [1.29, 1.82) is 0 Å². The molecule has 1 rings (SSSR count). The summed E-state index contributed by atoms with van der Waals surface area (Å²) in [4.78, 5) is 0. The summed E-state index contributed by atoms with van der Waals surface area (Å²) in [6.45, 7) is 7.79. The number of likely N-dealkylation sites (N-methyl/N-ethyl adjacent to an activating group) is 3. The monoisotopic (exact) mass is 216 g/mol. The molecule has 0 unspecified atom stereocenters. The number of rotatable bonds is 0. The average molecular weight is 216 g/mol. The van der Waals surface area contributed by atoms with Gasteiger partial charge in [-0.05, 0) is 0 Å². The fourth-order valence-corrected chi connectivity index (χ4v) is 1.96. The topological polar surface area (TPSA) is 0 Å². The lowest BCUT2D eigenvalue weighted by atomic mass is 10.4. The molecule has 0 atom stereocenters. The zero-order valence-electron chi connectivity index (χ0n) is 11.6. The predicted octanol–water partition coefficient (Wildman–Crippen LogP) is 0.229. The van der Waals surface area contributed by atoms with Crippen molar-refractivity contribution in [3.8, 4) is 0 Å². The molecule has 1 fully saturated rings. The third-order valence-corrected chi connectivity index (χ3v) is 3.93. The van der Waals surface area contributed by atoms with E-state index in [-0.39, 0.29) is 0 Å². The molecule has 15 heavy (non-hydrogen) atoms. The van der Waals surface area contributed by atoms with Crippen LogP contribution in [-0.4, -0.2) is 95.0 Å². The SMILES string of the molecule is C[N+]1(C)CC[N+](C)(C)CC[N+](C)(C)CC1. The second-order valence-corrected chi connectivity index (χ2v) is 7.15. The summed E-state index contributed by atoms with van der Waals surface area (Å²) >= 11 is 0. The molecule has 3 heteroatoms. The summed E-state index contributed by atoms with van der Waals surface area (Å²) < 4.78 is 3.51. The molecular weight excluding hydrogens is 186 g/mol. The maximum Gasteiger partial charge on any atom is 0.128 e. The summed E-state index contributed by atoms with van der Waals surface area (Å²) in [5.74, 6) is 0. The second kappa shape index (κ2) is 4.04. The van der Waals surface area contributed by atoms with Gasteiger partial charge in [0.2, 0.25) is 0 Å². The minimum atomic E-state index is 1.17. The molecule has 0 aromatic rings. The fraction of sp³-hybridized carbons (Fsp3) is 1.00. The van der Waals surface area contributed by atoms with Crippen LogP contribution in [0.2, 0.25) is 0 Å². The smallest absolute Gasteiger partial charge is 0.128 e. The normalized spacial score (nSPS) is 30.0. The molecule has 1 aliphatic heterocycles. The Morgan fingerprint density at radius 1 is 0.400 bits per heavy atom. The van der Waals surface area contributed by atoms with Crippen molar-refractivity contribution in [3.05, 3.63) is 0 Å². The van der Waals surface area contributed by atoms with Crippen LogP contribution in [0.5, 0.6) is 0 Å². The Kier molecular flexibility index (Phi) is 3.49. The van der Waals surface area contributed by atoms with Crippen molar-refractivity contribution < 1.29 is 13.4 Å². The maximum absolute atomic E-state index is 2.37. The summed E-state index contributed by atoms with van der Waals surface area (Å²) in [5.41, 5.74) is 0. The highest BCUT2D eigenvalue weighted by atomic mass is 15.4. The van der Waals surface area contributed by atoms with Crippen LogP contribution in [0.1, 0.15) is 0 Å². The lowest BCUT2D eigenvalue weighted by Gasteiger charge is -2.33. The van der Waals surface area contributed by atoms with Crippen molar-refractivity contribution >= 4 is 0 Å². The van der Waals surface area contributed by atoms with Crippen molar-refractivity contribution in [2.45, 2.75) is 0 Å². The molecule has 1 saturated heterocycles. The Morgan fingerprint density at radius 3 is 0.667 bits per heavy atom. The molecule has 3 nitrogen and oxygen atoms in total. The third-order valence-electron chi connectivity index (χ3n) is 3.93. The van der Waals surface area contributed by atoms with Gasteiger partial charge in [0.15, 0.2) is 0 Å².